The molecule has 2 atom stereocenters. The zero-order chi connectivity index (χ0) is 22.7. The number of nitrogens with zero attached hydrogens (tertiary/aromatic N) is 4. The summed E-state index contributed by atoms with van der Waals surface area (Å²) < 4.78 is 7.50. The van der Waals surface area contributed by atoms with Crippen LogP contribution in [-0.4, -0.2) is 50.5 Å². The number of benzene rings is 2. The molecule has 1 aromatic heterocycles. The molecule has 8 heteroatoms. The van der Waals surface area contributed by atoms with Crippen molar-refractivity contribution < 1.29 is 9.53 Å². The molecule has 1 aliphatic heterocycles. The van der Waals surface area contributed by atoms with Crippen molar-refractivity contribution in [1.29, 1.82) is 0 Å². The van der Waals surface area contributed by atoms with Crippen LogP contribution in [0.4, 0.5) is 0 Å². The van der Waals surface area contributed by atoms with Crippen molar-refractivity contribution >= 4 is 29.3 Å². The number of thioether (sulfide) groups is 1. The SMILES string of the molecule is COc1ccccc1-c1nnc(SCC(=O)N2[C@@H](C)CCC[C@@H]2C)n1-c1ccc(Cl)cc1. The van der Waals surface area contributed by atoms with Gasteiger partial charge in [-0.15, -0.1) is 10.2 Å². The van der Waals surface area contributed by atoms with Crippen LogP contribution in [-0.2, 0) is 4.79 Å². The lowest BCUT2D eigenvalue weighted by Gasteiger charge is -2.39. The molecule has 0 unspecified atom stereocenters. The van der Waals surface area contributed by atoms with E-state index >= 15 is 0 Å². The summed E-state index contributed by atoms with van der Waals surface area (Å²) in [5.41, 5.74) is 1.70. The van der Waals surface area contributed by atoms with E-state index in [4.69, 9.17) is 16.3 Å². The van der Waals surface area contributed by atoms with Crippen molar-refractivity contribution in [3.63, 3.8) is 0 Å². The Balaban J connectivity index is 1.67. The standard InChI is InChI=1S/C24H27ClN4O2S/c1-16-7-6-8-17(2)28(16)22(30)15-32-24-27-26-23(20-9-4-5-10-21(20)31-3)29(24)19-13-11-18(25)12-14-19/h4-5,9-14,16-17H,6-8,15H2,1-3H3/t16-,17-/m0/s1. The molecule has 1 saturated heterocycles. The van der Waals surface area contributed by atoms with E-state index in [-0.39, 0.29) is 18.0 Å². The van der Waals surface area contributed by atoms with E-state index in [0.717, 1.165) is 24.1 Å². The van der Waals surface area contributed by atoms with Crippen LogP contribution in [0.5, 0.6) is 5.75 Å². The van der Waals surface area contributed by atoms with Crippen molar-refractivity contribution in [2.75, 3.05) is 12.9 Å². The fraction of sp³-hybridized carbons (Fsp3) is 0.375. The Kier molecular flexibility index (Phi) is 7.06. The molecule has 32 heavy (non-hydrogen) atoms. The molecule has 6 nitrogen and oxygen atoms in total. The summed E-state index contributed by atoms with van der Waals surface area (Å²) in [6.45, 7) is 4.27. The van der Waals surface area contributed by atoms with Crippen LogP contribution in [0.3, 0.4) is 0 Å². The molecule has 0 bridgehead atoms. The minimum Gasteiger partial charge on any atom is -0.496 e. The zero-order valence-corrected chi connectivity index (χ0v) is 20.1. The van der Waals surface area contributed by atoms with E-state index in [1.54, 1.807) is 7.11 Å². The van der Waals surface area contributed by atoms with Crippen molar-refractivity contribution in [2.24, 2.45) is 0 Å². The van der Waals surface area contributed by atoms with Crippen molar-refractivity contribution in [3.8, 4) is 22.8 Å². The van der Waals surface area contributed by atoms with Gasteiger partial charge in [0.2, 0.25) is 5.91 Å². The first-order chi connectivity index (χ1) is 15.5. The number of hydrogen-bond donors (Lipinski definition) is 0. The van der Waals surface area contributed by atoms with Crippen LogP contribution in [0.25, 0.3) is 17.1 Å². The average Bonchev–Trinajstić information content (AvgIpc) is 3.21. The van der Waals surface area contributed by atoms with Crippen molar-refractivity contribution in [2.45, 2.75) is 50.4 Å². The maximum Gasteiger partial charge on any atom is 0.233 e. The van der Waals surface area contributed by atoms with Crippen LogP contribution in [0.15, 0.2) is 53.7 Å². The van der Waals surface area contributed by atoms with Gasteiger partial charge in [-0.25, -0.2) is 0 Å². The van der Waals surface area contributed by atoms with Crippen LogP contribution >= 0.6 is 23.4 Å². The predicted octanol–water partition coefficient (Wildman–Crippen LogP) is 5.48. The zero-order valence-electron chi connectivity index (χ0n) is 18.5. The maximum atomic E-state index is 13.1. The summed E-state index contributed by atoms with van der Waals surface area (Å²) in [6, 6.07) is 15.7. The molecular formula is C24H27ClN4O2S. The van der Waals surface area contributed by atoms with E-state index in [0.29, 0.717) is 27.5 Å². The Labute approximate surface area is 197 Å². The molecule has 2 aromatic carbocycles. The lowest BCUT2D eigenvalue weighted by Crippen LogP contribution is -2.48. The number of aromatic nitrogens is 3. The molecule has 168 valence electrons. The van der Waals surface area contributed by atoms with Gasteiger partial charge >= 0.3 is 0 Å². The summed E-state index contributed by atoms with van der Waals surface area (Å²) in [5.74, 6) is 1.81. The second-order valence-electron chi connectivity index (χ2n) is 8.04. The van der Waals surface area contributed by atoms with Gasteiger partial charge in [0.25, 0.3) is 0 Å². The van der Waals surface area contributed by atoms with Gasteiger partial charge in [-0.05, 0) is 69.5 Å². The molecule has 0 N–H and O–H groups in total. The van der Waals surface area contributed by atoms with Gasteiger partial charge in [-0.3, -0.25) is 9.36 Å². The Morgan fingerprint density at radius 3 is 2.47 bits per heavy atom. The van der Waals surface area contributed by atoms with Gasteiger partial charge in [-0.2, -0.15) is 0 Å². The molecule has 0 spiro atoms. The third kappa shape index (κ3) is 4.64. The first kappa shape index (κ1) is 22.7. The molecule has 1 aliphatic rings. The minimum atomic E-state index is 0.138. The monoisotopic (exact) mass is 470 g/mol. The van der Waals surface area contributed by atoms with E-state index < -0.39 is 0 Å². The molecule has 0 aliphatic carbocycles. The quantitative estimate of drug-likeness (QED) is 0.446. The van der Waals surface area contributed by atoms with Gasteiger partial charge in [0, 0.05) is 22.8 Å². The Hall–Kier alpha value is -2.51. The van der Waals surface area contributed by atoms with E-state index in [9.17, 15) is 4.79 Å². The van der Waals surface area contributed by atoms with Gasteiger partial charge in [0.1, 0.15) is 5.75 Å². The Morgan fingerprint density at radius 2 is 1.78 bits per heavy atom. The predicted molar refractivity (Wildman–Crippen MR) is 129 cm³/mol. The second kappa shape index (κ2) is 9.96. The third-order valence-corrected chi connectivity index (χ3v) is 7.04. The highest BCUT2D eigenvalue weighted by atomic mass is 35.5. The van der Waals surface area contributed by atoms with Crippen LogP contribution in [0.2, 0.25) is 5.02 Å². The van der Waals surface area contributed by atoms with Gasteiger partial charge < -0.3 is 9.64 Å². The number of methoxy groups -OCH3 is 1. The molecule has 4 rings (SSSR count). The number of hydrogen-bond acceptors (Lipinski definition) is 5. The summed E-state index contributed by atoms with van der Waals surface area (Å²) in [5, 5.41) is 10.2. The van der Waals surface area contributed by atoms with Gasteiger partial charge in [0.15, 0.2) is 11.0 Å². The molecular weight excluding hydrogens is 444 g/mol. The summed E-state index contributed by atoms with van der Waals surface area (Å²) in [7, 11) is 1.64. The third-order valence-electron chi connectivity index (χ3n) is 5.87. The Morgan fingerprint density at radius 1 is 1.09 bits per heavy atom. The number of likely N-dealkylation sites (tertiary alicyclic amines) is 1. The number of carbonyl (C=O) groups excluding carboxylic acids is 1. The normalized spacial score (nSPS) is 18.6. The van der Waals surface area contributed by atoms with Gasteiger partial charge in [-0.1, -0.05) is 35.5 Å². The lowest BCUT2D eigenvalue weighted by atomic mass is 9.98. The van der Waals surface area contributed by atoms with Crippen LogP contribution < -0.4 is 4.74 Å². The van der Waals surface area contributed by atoms with E-state index in [2.05, 4.69) is 24.0 Å². The van der Waals surface area contributed by atoms with Crippen molar-refractivity contribution in [1.82, 2.24) is 19.7 Å². The fourth-order valence-corrected chi connectivity index (χ4v) is 5.25. The number of carbonyl (C=O) groups is 1. The number of amides is 1. The van der Waals surface area contributed by atoms with E-state index in [1.807, 2.05) is 58.0 Å². The van der Waals surface area contributed by atoms with Crippen LogP contribution in [0, 0.1) is 0 Å². The topological polar surface area (TPSA) is 60.3 Å². The minimum absolute atomic E-state index is 0.138. The number of halogens is 1. The Bertz CT molecular complexity index is 1080. The highest BCUT2D eigenvalue weighted by Gasteiger charge is 2.29. The summed E-state index contributed by atoms with van der Waals surface area (Å²) in [6.07, 6.45) is 3.28. The smallest absolute Gasteiger partial charge is 0.233 e. The average molecular weight is 471 g/mol. The van der Waals surface area contributed by atoms with Crippen molar-refractivity contribution in [3.05, 3.63) is 53.6 Å². The molecule has 2 heterocycles. The van der Waals surface area contributed by atoms with E-state index in [1.165, 1.54) is 18.2 Å². The molecule has 1 fully saturated rings. The lowest BCUT2D eigenvalue weighted by molar-refractivity contribution is -0.134. The molecule has 3 aromatic rings. The fourth-order valence-electron chi connectivity index (χ4n) is 4.30. The highest BCUT2D eigenvalue weighted by Crippen LogP contribution is 2.34. The first-order valence-corrected chi connectivity index (χ1v) is 12.1. The largest absolute Gasteiger partial charge is 0.496 e. The number of piperidine rings is 1. The molecule has 0 saturated carbocycles. The molecule has 0 radical (unpaired) electrons. The highest BCUT2D eigenvalue weighted by molar-refractivity contribution is 7.99. The van der Waals surface area contributed by atoms with Crippen LogP contribution in [0.1, 0.15) is 33.1 Å². The number of para-hydroxylation sites is 1. The van der Waals surface area contributed by atoms with Gasteiger partial charge in [0.05, 0.1) is 18.4 Å². The number of ether oxygens (including phenoxy) is 1. The first-order valence-electron chi connectivity index (χ1n) is 10.8. The second-order valence-corrected chi connectivity index (χ2v) is 9.42. The summed E-state index contributed by atoms with van der Waals surface area (Å²) in [4.78, 5) is 15.1. The molecule has 1 amide bonds. The summed E-state index contributed by atoms with van der Waals surface area (Å²) >= 11 is 7.52. The number of rotatable bonds is 6. The maximum absolute atomic E-state index is 13.1.